The number of benzene rings is 1. The van der Waals surface area contributed by atoms with Crippen LogP contribution in [0.3, 0.4) is 0 Å². The molecule has 1 aliphatic rings. The Morgan fingerprint density at radius 1 is 1.35 bits per heavy atom. The zero-order chi connectivity index (χ0) is 12.4. The van der Waals surface area contributed by atoms with E-state index in [1.165, 1.54) is 16.7 Å². The van der Waals surface area contributed by atoms with E-state index in [0.29, 0.717) is 18.1 Å². The van der Waals surface area contributed by atoms with E-state index < -0.39 is 0 Å². The van der Waals surface area contributed by atoms with Crippen LogP contribution < -0.4 is 5.32 Å². The molecule has 2 rings (SSSR count). The van der Waals surface area contributed by atoms with Gasteiger partial charge in [0, 0.05) is 12.0 Å². The van der Waals surface area contributed by atoms with Crippen LogP contribution in [0, 0.1) is 19.8 Å². The van der Waals surface area contributed by atoms with Gasteiger partial charge in [-0.1, -0.05) is 23.8 Å². The molecular formula is C15H23NO. The first-order chi connectivity index (χ1) is 8.11. The molecule has 94 valence electrons. The number of rotatable bonds is 3. The molecule has 1 saturated heterocycles. The van der Waals surface area contributed by atoms with Gasteiger partial charge in [-0.15, -0.1) is 0 Å². The Morgan fingerprint density at radius 3 is 2.65 bits per heavy atom. The summed E-state index contributed by atoms with van der Waals surface area (Å²) >= 11 is 0. The summed E-state index contributed by atoms with van der Waals surface area (Å²) < 4.78 is 5.69. The molecule has 0 spiro atoms. The standard InChI is InChI=1S/C15H23NO/c1-10-5-6-14(11(2)7-10)15(16-4)13-8-12(3)17-9-13/h5-7,12-13,15-16H,8-9H2,1-4H3. The maximum Gasteiger partial charge on any atom is 0.0551 e. The van der Waals surface area contributed by atoms with Gasteiger partial charge in [0.15, 0.2) is 0 Å². The fourth-order valence-corrected chi connectivity index (χ4v) is 2.90. The molecule has 1 aromatic rings. The van der Waals surface area contributed by atoms with Crippen LogP contribution in [0.25, 0.3) is 0 Å². The highest BCUT2D eigenvalue weighted by Gasteiger charge is 2.30. The van der Waals surface area contributed by atoms with Gasteiger partial charge in [0.25, 0.3) is 0 Å². The van der Waals surface area contributed by atoms with Crippen molar-refractivity contribution < 1.29 is 4.74 Å². The Bertz CT molecular complexity index is 389. The highest BCUT2D eigenvalue weighted by Crippen LogP contribution is 2.33. The van der Waals surface area contributed by atoms with E-state index in [-0.39, 0.29) is 0 Å². The summed E-state index contributed by atoms with van der Waals surface area (Å²) in [6, 6.07) is 7.14. The molecule has 0 aliphatic carbocycles. The van der Waals surface area contributed by atoms with Gasteiger partial charge in [-0.25, -0.2) is 0 Å². The maximum absolute atomic E-state index is 5.69. The van der Waals surface area contributed by atoms with Crippen molar-refractivity contribution in [3.63, 3.8) is 0 Å². The first-order valence-corrected chi connectivity index (χ1v) is 6.48. The summed E-state index contributed by atoms with van der Waals surface area (Å²) in [6.07, 6.45) is 1.56. The summed E-state index contributed by atoms with van der Waals surface area (Å²) in [6.45, 7) is 7.38. The Kier molecular flexibility index (Phi) is 3.85. The second-order valence-corrected chi connectivity index (χ2v) is 5.27. The SMILES string of the molecule is CNC(c1ccc(C)cc1C)C1COC(C)C1. The van der Waals surface area contributed by atoms with Gasteiger partial charge in [0.05, 0.1) is 12.7 Å². The van der Waals surface area contributed by atoms with Crippen LogP contribution in [-0.4, -0.2) is 19.8 Å². The number of hydrogen-bond acceptors (Lipinski definition) is 2. The van der Waals surface area contributed by atoms with Crippen LogP contribution in [0.2, 0.25) is 0 Å². The fourth-order valence-electron chi connectivity index (χ4n) is 2.90. The van der Waals surface area contributed by atoms with E-state index in [1.54, 1.807) is 0 Å². The Labute approximate surface area is 104 Å². The van der Waals surface area contributed by atoms with Gasteiger partial charge in [-0.05, 0) is 45.4 Å². The van der Waals surface area contributed by atoms with E-state index in [4.69, 9.17) is 4.74 Å². The molecule has 1 heterocycles. The molecule has 0 amide bonds. The Hall–Kier alpha value is -0.860. The Morgan fingerprint density at radius 2 is 2.12 bits per heavy atom. The molecule has 2 heteroatoms. The van der Waals surface area contributed by atoms with Crippen molar-refractivity contribution >= 4 is 0 Å². The molecule has 3 unspecified atom stereocenters. The van der Waals surface area contributed by atoms with Crippen LogP contribution in [-0.2, 0) is 4.74 Å². The molecular weight excluding hydrogens is 210 g/mol. The molecule has 1 aliphatic heterocycles. The molecule has 1 aromatic carbocycles. The van der Waals surface area contributed by atoms with Crippen molar-refractivity contribution in [3.05, 3.63) is 34.9 Å². The first-order valence-electron chi connectivity index (χ1n) is 6.48. The number of ether oxygens (including phenoxy) is 1. The van der Waals surface area contributed by atoms with E-state index in [0.717, 1.165) is 13.0 Å². The highest BCUT2D eigenvalue weighted by atomic mass is 16.5. The van der Waals surface area contributed by atoms with Gasteiger partial charge in [0.1, 0.15) is 0 Å². The monoisotopic (exact) mass is 233 g/mol. The Balaban J connectivity index is 2.23. The van der Waals surface area contributed by atoms with E-state index in [2.05, 4.69) is 44.3 Å². The minimum Gasteiger partial charge on any atom is -0.378 e. The molecule has 3 atom stereocenters. The fraction of sp³-hybridized carbons (Fsp3) is 0.600. The molecule has 1 fully saturated rings. The predicted molar refractivity (Wildman–Crippen MR) is 71.2 cm³/mol. The molecule has 0 saturated carbocycles. The summed E-state index contributed by atoms with van der Waals surface area (Å²) in [5.74, 6) is 0.594. The quantitative estimate of drug-likeness (QED) is 0.866. The summed E-state index contributed by atoms with van der Waals surface area (Å²) in [5, 5.41) is 3.46. The lowest BCUT2D eigenvalue weighted by molar-refractivity contribution is 0.117. The van der Waals surface area contributed by atoms with Gasteiger partial charge < -0.3 is 10.1 Å². The smallest absolute Gasteiger partial charge is 0.0551 e. The topological polar surface area (TPSA) is 21.3 Å². The predicted octanol–water partition coefficient (Wildman–Crippen LogP) is 2.99. The van der Waals surface area contributed by atoms with Crippen LogP contribution in [0.1, 0.15) is 36.1 Å². The molecule has 0 radical (unpaired) electrons. The van der Waals surface area contributed by atoms with E-state index >= 15 is 0 Å². The second-order valence-electron chi connectivity index (χ2n) is 5.27. The molecule has 1 N–H and O–H groups in total. The van der Waals surface area contributed by atoms with Crippen LogP contribution in [0.15, 0.2) is 18.2 Å². The van der Waals surface area contributed by atoms with Crippen molar-refractivity contribution in [1.82, 2.24) is 5.32 Å². The third kappa shape index (κ3) is 2.70. The van der Waals surface area contributed by atoms with Gasteiger partial charge in [0.2, 0.25) is 0 Å². The highest BCUT2D eigenvalue weighted by molar-refractivity contribution is 5.33. The van der Waals surface area contributed by atoms with Crippen molar-refractivity contribution in [3.8, 4) is 0 Å². The van der Waals surface area contributed by atoms with Crippen LogP contribution in [0.5, 0.6) is 0 Å². The van der Waals surface area contributed by atoms with Crippen molar-refractivity contribution in [1.29, 1.82) is 0 Å². The van der Waals surface area contributed by atoms with Crippen LogP contribution >= 0.6 is 0 Å². The number of nitrogens with one attached hydrogen (secondary N) is 1. The van der Waals surface area contributed by atoms with Crippen LogP contribution in [0.4, 0.5) is 0 Å². The normalized spacial score (nSPS) is 26.1. The van der Waals surface area contributed by atoms with E-state index in [1.807, 2.05) is 7.05 Å². The third-order valence-electron chi connectivity index (χ3n) is 3.77. The lowest BCUT2D eigenvalue weighted by Gasteiger charge is -2.24. The molecule has 2 nitrogen and oxygen atoms in total. The summed E-state index contributed by atoms with van der Waals surface area (Å²) in [7, 11) is 2.05. The zero-order valence-corrected chi connectivity index (χ0v) is 11.3. The maximum atomic E-state index is 5.69. The lowest BCUT2D eigenvalue weighted by atomic mass is 9.88. The number of hydrogen-bond donors (Lipinski definition) is 1. The van der Waals surface area contributed by atoms with Gasteiger partial charge in [-0.3, -0.25) is 0 Å². The first kappa shape index (κ1) is 12.6. The second kappa shape index (κ2) is 5.19. The minimum atomic E-state index is 0.404. The van der Waals surface area contributed by atoms with Crippen molar-refractivity contribution in [2.45, 2.75) is 39.3 Å². The van der Waals surface area contributed by atoms with E-state index in [9.17, 15) is 0 Å². The third-order valence-corrected chi connectivity index (χ3v) is 3.77. The summed E-state index contributed by atoms with van der Waals surface area (Å²) in [4.78, 5) is 0. The van der Waals surface area contributed by atoms with Crippen molar-refractivity contribution in [2.75, 3.05) is 13.7 Å². The average Bonchev–Trinajstić information content (AvgIpc) is 2.69. The van der Waals surface area contributed by atoms with Crippen molar-refractivity contribution in [2.24, 2.45) is 5.92 Å². The molecule has 0 aromatic heterocycles. The van der Waals surface area contributed by atoms with Gasteiger partial charge >= 0.3 is 0 Å². The van der Waals surface area contributed by atoms with Gasteiger partial charge in [-0.2, -0.15) is 0 Å². The largest absolute Gasteiger partial charge is 0.378 e. The lowest BCUT2D eigenvalue weighted by Crippen LogP contribution is -2.26. The number of aryl methyl sites for hydroxylation is 2. The zero-order valence-electron chi connectivity index (χ0n) is 11.3. The molecule has 0 bridgehead atoms. The summed E-state index contributed by atoms with van der Waals surface area (Å²) in [5.41, 5.74) is 4.13. The molecule has 17 heavy (non-hydrogen) atoms. The minimum absolute atomic E-state index is 0.404. The average molecular weight is 233 g/mol.